The number of hydrogen-bond acceptors (Lipinski definition) is 4. The van der Waals surface area contributed by atoms with Gasteiger partial charge in [-0.25, -0.2) is 4.98 Å². The Morgan fingerprint density at radius 2 is 2.08 bits per heavy atom. The Hall–Kier alpha value is -2.58. The predicted octanol–water partition coefficient (Wildman–Crippen LogP) is 1.76. The van der Waals surface area contributed by atoms with Gasteiger partial charge >= 0.3 is 6.18 Å². The number of pyridine rings is 1. The molecule has 128 valence electrons. The van der Waals surface area contributed by atoms with E-state index < -0.39 is 11.7 Å². The first-order chi connectivity index (χ1) is 11.3. The molecule has 0 aliphatic carbocycles. The summed E-state index contributed by atoms with van der Waals surface area (Å²) in [5, 5.41) is 6.89. The molecule has 0 aromatic carbocycles. The molecule has 1 aliphatic rings. The predicted molar refractivity (Wildman–Crippen MR) is 80.7 cm³/mol. The SMILES string of the molecule is Cc1cc(C(=O)NC2CN(c3ncccc3C(F)(F)F)C2)n(C)n1. The normalized spacial score (nSPS) is 15.3. The number of carbonyl (C=O) groups excluding carboxylic acids is 1. The van der Waals surface area contributed by atoms with Gasteiger partial charge in [0, 0.05) is 26.3 Å². The summed E-state index contributed by atoms with van der Waals surface area (Å²) in [7, 11) is 1.67. The van der Waals surface area contributed by atoms with E-state index in [2.05, 4.69) is 15.4 Å². The first kappa shape index (κ1) is 16.3. The van der Waals surface area contributed by atoms with Crippen LogP contribution in [0.25, 0.3) is 0 Å². The Kier molecular flexibility index (Phi) is 3.94. The third-order valence-electron chi connectivity index (χ3n) is 3.84. The van der Waals surface area contributed by atoms with Crippen LogP contribution in [-0.4, -0.2) is 39.8 Å². The molecule has 0 bridgehead atoms. The summed E-state index contributed by atoms with van der Waals surface area (Å²) in [4.78, 5) is 17.5. The zero-order valence-electron chi connectivity index (χ0n) is 13.1. The van der Waals surface area contributed by atoms with Gasteiger partial charge < -0.3 is 10.2 Å². The molecule has 1 amide bonds. The summed E-state index contributed by atoms with van der Waals surface area (Å²) < 4.78 is 40.5. The zero-order chi connectivity index (χ0) is 17.5. The molecule has 1 fully saturated rings. The van der Waals surface area contributed by atoms with Gasteiger partial charge in [-0.1, -0.05) is 0 Å². The average molecular weight is 339 g/mol. The minimum absolute atomic E-state index is 0.105. The van der Waals surface area contributed by atoms with Crippen LogP contribution >= 0.6 is 0 Å². The summed E-state index contributed by atoms with van der Waals surface area (Å²) in [6, 6.07) is 3.70. The van der Waals surface area contributed by atoms with E-state index in [0.29, 0.717) is 5.69 Å². The van der Waals surface area contributed by atoms with E-state index in [4.69, 9.17) is 0 Å². The van der Waals surface area contributed by atoms with Crippen LogP contribution in [0.4, 0.5) is 19.0 Å². The molecule has 2 aromatic heterocycles. The minimum atomic E-state index is -4.45. The van der Waals surface area contributed by atoms with Crippen LogP contribution in [0.1, 0.15) is 21.7 Å². The third-order valence-corrected chi connectivity index (χ3v) is 3.84. The molecule has 24 heavy (non-hydrogen) atoms. The van der Waals surface area contributed by atoms with Gasteiger partial charge in [-0.05, 0) is 25.1 Å². The van der Waals surface area contributed by atoms with Crippen molar-refractivity contribution in [3.05, 3.63) is 41.3 Å². The quantitative estimate of drug-likeness (QED) is 0.926. The number of halogens is 3. The van der Waals surface area contributed by atoms with E-state index in [1.54, 1.807) is 20.0 Å². The van der Waals surface area contributed by atoms with E-state index in [1.165, 1.54) is 21.8 Å². The fourth-order valence-corrected chi connectivity index (χ4v) is 2.70. The number of hydrogen-bond donors (Lipinski definition) is 1. The Bertz CT molecular complexity index is 765. The molecule has 3 heterocycles. The lowest BCUT2D eigenvalue weighted by atomic mass is 10.1. The van der Waals surface area contributed by atoms with Crippen LogP contribution in [0.3, 0.4) is 0 Å². The molecule has 2 aromatic rings. The van der Waals surface area contributed by atoms with Gasteiger partial charge in [0.15, 0.2) is 0 Å². The smallest absolute Gasteiger partial charge is 0.352 e. The van der Waals surface area contributed by atoms with Gasteiger partial charge in [-0.2, -0.15) is 18.3 Å². The van der Waals surface area contributed by atoms with Crippen molar-refractivity contribution in [3.8, 4) is 0 Å². The average Bonchev–Trinajstić information content (AvgIpc) is 2.80. The topological polar surface area (TPSA) is 63.1 Å². The second-order valence-electron chi connectivity index (χ2n) is 5.74. The molecular weight excluding hydrogens is 323 g/mol. The molecule has 0 atom stereocenters. The van der Waals surface area contributed by atoms with Gasteiger partial charge in [-0.3, -0.25) is 9.48 Å². The van der Waals surface area contributed by atoms with Crippen LogP contribution in [-0.2, 0) is 13.2 Å². The van der Waals surface area contributed by atoms with Crippen LogP contribution in [0.2, 0.25) is 0 Å². The van der Waals surface area contributed by atoms with Crippen molar-refractivity contribution in [2.75, 3.05) is 18.0 Å². The molecule has 1 N–H and O–H groups in total. The van der Waals surface area contributed by atoms with Crippen LogP contribution in [0.5, 0.6) is 0 Å². The van der Waals surface area contributed by atoms with Gasteiger partial charge in [-0.15, -0.1) is 0 Å². The maximum Gasteiger partial charge on any atom is 0.419 e. The van der Waals surface area contributed by atoms with E-state index in [-0.39, 0.29) is 30.9 Å². The maximum atomic E-state index is 13.0. The van der Waals surface area contributed by atoms with Crippen molar-refractivity contribution in [2.24, 2.45) is 7.05 Å². The Morgan fingerprint density at radius 1 is 1.38 bits per heavy atom. The number of rotatable bonds is 3. The highest BCUT2D eigenvalue weighted by molar-refractivity contribution is 5.93. The van der Waals surface area contributed by atoms with Crippen molar-refractivity contribution in [2.45, 2.75) is 19.1 Å². The number of aromatic nitrogens is 3. The molecule has 0 saturated carbocycles. The van der Waals surface area contributed by atoms with Crippen molar-refractivity contribution < 1.29 is 18.0 Å². The summed E-state index contributed by atoms with van der Waals surface area (Å²) in [5.74, 6) is -0.397. The van der Waals surface area contributed by atoms with Crippen LogP contribution in [0.15, 0.2) is 24.4 Å². The number of anilines is 1. The molecular formula is C15H16F3N5O. The maximum absolute atomic E-state index is 13.0. The number of carbonyl (C=O) groups is 1. The number of nitrogens with one attached hydrogen (secondary N) is 1. The standard InChI is InChI=1S/C15H16F3N5O/c1-9-6-12(22(2)21-9)14(24)20-10-7-23(8-10)13-11(15(16,17)18)4-3-5-19-13/h3-6,10H,7-8H2,1-2H3,(H,20,24). The van der Waals surface area contributed by atoms with E-state index in [0.717, 1.165) is 11.8 Å². The summed E-state index contributed by atoms with van der Waals surface area (Å²) in [6.45, 7) is 2.34. The summed E-state index contributed by atoms with van der Waals surface area (Å²) in [6.07, 6.45) is -3.13. The number of nitrogens with zero attached hydrogens (tertiary/aromatic N) is 4. The first-order valence-corrected chi connectivity index (χ1v) is 7.34. The van der Waals surface area contributed by atoms with Crippen molar-refractivity contribution in [1.29, 1.82) is 0 Å². The van der Waals surface area contributed by atoms with Gasteiger partial charge in [0.1, 0.15) is 11.5 Å². The molecule has 6 nitrogen and oxygen atoms in total. The second kappa shape index (κ2) is 5.81. The lowest BCUT2D eigenvalue weighted by molar-refractivity contribution is -0.137. The largest absolute Gasteiger partial charge is 0.419 e. The minimum Gasteiger partial charge on any atom is -0.352 e. The zero-order valence-corrected chi connectivity index (χ0v) is 13.1. The fraction of sp³-hybridized carbons (Fsp3) is 0.400. The number of aryl methyl sites for hydroxylation is 2. The van der Waals surface area contributed by atoms with Crippen molar-refractivity contribution in [1.82, 2.24) is 20.1 Å². The molecule has 0 radical (unpaired) electrons. The van der Waals surface area contributed by atoms with Gasteiger partial charge in [0.2, 0.25) is 0 Å². The lowest BCUT2D eigenvalue weighted by Gasteiger charge is -2.41. The Balaban J connectivity index is 1.64. The molecule has 9 heteroatoms. The van der Waals surface area contributed by atoms with Crippen LogP contribution < -0.4 is 10.2 Å². The molecule has 1 saturated heterocycles. The van der Waals surface area contributed by atoms with E-state index in [1.807, 2.05) is 0 Å². The monoisotopic (exact) mass is 339 g/mol. The number of amides is 1. The second-order valence-corrected chi connectivity index (χ2v) is 5.74. The van der Waals surface area contributed by atoms with Crippen molar-refractivity contribution >= 4 is 11.7 Å². The highest BCUT2D eigenvalue weighted by Gasteiger charge is 2.39. The highest BCUT2D eigenvalue weighted by atomic mass is 19.4. The summed E-state index contributed by atoms with van der Waals surface area (Å²) in [5.41, 5.74) is 0.373. The molecule has 3 rings (SSSR count). The van der Waals surface area contributed by atoms with Crippen molar-refractivity contribution in [3.63, 3.8) is 0 Å². The van der Waals surface area contributed by atoms with Crippen LogP contribution in [0, 0.1) is 6.92 Å². The molecule has 0 spiro atoms. The Morgan fingerprint density at radius 3 is 2.67 bits per heavy atom. The van der Waals surface area contributed by atoms with Gasteiger partial charge in [0.25, 0.3) is 5.91 Å². The van der Waals surface area contributed by atoms with Gasteiger partial charge in [0.05, 0.1) is 17.3 Å². The fourth-order valence-electron chi connectivity index (χ4n) is 2.70. The summed E-state index contributed by atoms with van der Waals surface area (Å²) >= 11 is 0. The lowest BCUT2D eigenvalue weighted by Crippen LogP contribution is -2.60. The number of alkyl halides is 3. The third kappa shape index (κ3) is 3.06. The highest BCUT2D eigenvalue weighted by Crippen LogP contribution is 2.36. The molecule has 0 unspecified atom stereocenters. The molecule has 1 aliphatic heterocycles. The Labute approximate surface area is 136 Å². The van der Waals surface area contributed by atoms with E-state index in [9.17, 15) is 18.0 Å². The van der Waals surface area contributed by atoms with E-state index >= 15 is 0 Å². The first-order valence-electron chi connectivity index (χ1n) is 7.34.